The van der Waals surface area contributed by atoms with E-state index in [2.05, 4.69) is 27.2 Å². The van der Waals surface area contributed by atoms with E-state index < -0.39 is 11.4 Å². The summed E-state index contributed by atoms with van der Waals surface area (Å²) in [5.74, 6) is 0.781. The zero-order valence-electron chi connectivity index (χ0n) is 18.4. The van der Waals surface area contributed by atoms with Gasteiger partial charge in [0.2, 0.25) is 0 Å². The Morgan fingerprint density at radius 1 is 1.35 bits per heavy atom. The first-order valence-electron chi connectivity index (χ1n) is 11.4. The number of carbonyl (C=O) groups is 1. The molecule has 2 aromatic rings. The molecule has 1 unspecified atom stereocenters. The zero-order valence-corrected chi connectivity index (χ0v) is 18.4. The van der Waals surface area contributed by atoms with Crippen molar-refractivity contribution >= 4 is 16.9 Å². The van der Waals surface area contributed by atoms with Gasteiger partial charge in [-0.3, -0.25) is 14.8 Å². The fourth-order valence-corrected chi connectivity index (χ4v) is 5.55. The Morgan fingerprint density at radius 3 is 2.87 bits per heavy atom. The molecule has 2 atom stereocenters. The first kappa shape index (κ1) is 20.3. The largest absolute Gasteiger partial charge is 0.496 e. The Balaban J connectivity index is 1.50. The summed E-state index contributed by atoms with van der Waals surface area (Å²) in [6, 6.07) is 2.01. The van der Waals surface area contributed by atoms with E-state index in [-0.39, 0.29) is 6.04 Å². The van der Waals surface area contributed by atoms with Gasteiger partial charge in [-0.1, -0.05) is 24.6 Å². The fourth-order valence-electron chi connectivity index (χ4n) is 5.55. The van der Waals surface area contributed by atoms with Gasteiger partial charge in [-0.25, -0.2) is 0 Å². The van der Waals surface area contributed by atoms with Crippen LogP contribution >= 0.6 is 0 Å². The van der Waals surface area contributed by atoms with Crippen LogP contribution in [0.4, 0.5) is 0 Å². The van der Waals surface area contributed by atoms with Crippen LogP contribution in [0.2, 0.25) is 0 Å². The number of methoxy groups -OCH3 is 1. The van der Waals surface area contributed by atoms with Crippen molar-refractivity contribution < 1.29 is 14.6 Å². The second kappa shape index (κ2) is 7.83. The smallest absolute Gasteiger partial charge is 0.315 e. The van der Waals surface area contributed by atoms with Crippen molar-refractivity contribution in [3.05, 3.63) is 47.2 Å². The van der Waals surface area contributed by atoms with Crippen LogP contribution in [0, 0.1) is 18.3 Å². The molecule has 6 heteroatoms. The van der Waals surface area contributed by atoms with E-state index in [1.807, 2.05) is 25.3 Å². The summed E-state index contributed by atoms with van der Waals surface area (Å²) < 4.78 is 5.74. The highest BCUT2D eigenvalue weighted by Crippen LogP contribution is 2.46. The number of nitrogens with zero attached hydrogens (tertiary/aromatic N) is 2. The number of benzene rings is 1. The molecular formula is C25H31N3O3. The normalized spacial score (nSPS) is 26.8. The Kier molecular flexibility index (Phi) is 5.13. The summed E-state index contributed by atoms with van der Waals surface area (Å²) in [7, 11) is 1.70. The first-order valence-corrected chi connectivity index (χ1v) is 11.4. The standard InChI is InChI=1S/C25H31N3O3/c1-16-13-21(31-2)20(19-14-26-27-23(16)19)15-28-12-4-3-5-22(28)25(24(29)30)10-8-18(9-11-25)17-6-7-17/h8-10,13-14,17,22H,3-7,11-12,15H2,1-2H3,(H,26,27)(H,29,30)/t22-,25?/m0/s1. The molecule has 164 valence electrons. The van der Waals surface area contributed by atoms with Gasteiger partial charge in [0.15, 0.2) is 0 Å². The highest BCUT2D eigenvalue weighted by Gasteiger charge is 2.48. The van der Waals surface area contributed by atoms with Crippen LogP contribution in [-0.2, 0) is 11.3 Å². The number of rotatable bonds is 6. The second-order valence-electron chi connectivity index (χ2n) is 9.38. The number of carboxylic acid groups (broad SMARTS) is 1. The van der Waals surface area contributed by atoms with Gasteiger partial charge < -0.3 is 9.84 Å². The number of H-pyrrole nitrogens is 1. The van der Waals surface area contributed by atoms with Crippen molar-refractivity contribution in [2.24, 2.45) is 11.3 Å². The SMILES string of the molecule is COc1cc(C)c2[nH]ncc2c1CN1CCCC[C@H]1C1(C(=O)O)C=CC(C2CC2)=CC1. The Hall–Kier alpha value is -2.60. The van der Waals surface area contributed by atoms with E-state index >= 15 is 0 Å². The van der Waals surface area contributed by atoms with Crippen molar-refractivity contribution in [2.45, 2.75) is 58.0 Å². The number of aromatic amines is 1. The molecule has 1 aliphatic heterocycles. The molecule has 0 radical (unpaired) electrons. The lowest BCUT2D eigenvalue weighted by Crippen LogP contribution is -2.53. The van der Waals surface area contributed by atoms with E-state index in [1.165, 1.54) is 18.4 Å². The maximum atomic E-state index is 12.7. The van der Waals surface area contributed by atoms with Crippen molar-refractivity contribution in [3.8, 4) is 5.75 Å². The lowest BCUT2D eigenvalue weighted by atomic mass is 9.70. The van der Waals surface area contributed by atoms with Crippen LogP contribution in [0.15, 0.2) is 36.1 Å². The molecule has 0 bridgehead atoms. The molecule has 1 aromatic heterocycles. The number of aromatic nitrogens is 2. The van der Waals surface area contributed by atoms with Gasteiger partial charge in [0.1, 0.15) is 11.2 Å². The van der Waals surface area contributed by atoms with E-state index in [4.69, 9.17) is 4.74 Å². The number of piperidine rings is 1. The second-order valence-corrected chi connectivity index (χ2v) is 9.38. The van der Waals surface area contributed by atoms with Crippen LogP contribution in [0.1, 0.15) is 49.7 Å². The monoisotopic (exact) mass is 421 g/mol. The number of hydrogen-bond acceptors (Lipinski definition) is 4. The fraction of sp³-hybridized carbons (Fsp3) is 0.520. The molecule has 6 nitrogen and oxygen atoms in total. The summed E-state index contributed by atoms with van der Waals surface area (Å²) in [5.41, 5.74) is 3.66. The summed E-state index contributed by atoms with van der Waals surface area (Å²) in [4.78, 5) is 15.0. The van der Waals surface area contributed by atoms with Gasteiger partial charge in [-0.05, 0) is 68.7 Å². The highest BCUT2D eigenvalue weighted by molar-refractivity contribution is 5.87. The zero-order chi connectivity index (χ0) is 21.6. The number of fused-ring (bicyclic) bond motifs is 1. The Labute approximate surface area is 183 Å². The third kappa shape index (κ3) is 3.47. The molecule has 2 N–H and O–H groups in total. The summed E-state index contributed by atoms with van der Waals surface area (Å²) in [6.45, 7) is 3.60. The third-order valence-corrected chi connectivity index (χ3v) is 7.49. The minimum Gasteiger partial charge on any atom is -0.496 e. The molecule has 0 spiro atoms. The summed E-state index contributed by atoms with van der Waals surface area (Å²) in [6.07, 6.45) is 14.3. The number of likely N-dealkylation sites (tertiary alicyclic amines) is 1. The lowest BCUT2D eigenvalue weighted by molar-refractivity contribution is -0.151. The predicted molar refractivity (Wildman–Crippen MR) is 120 cm³/mol. The molecular weight excluding hydrogens is 390 g/mol. The van der Waals surface area contributed by atoms with Crippen molar-refractivity contribution in [1.29, 1.82) is 0 Å². The van der Waals surface area contributed by atoms with Crippen LogP contribution in [-0.4, -0.2) is 45.9 Å². The highest BCUT2D eigenvalue weighted by atomic mass is 16.5. The van der Waals surface area contributed by atoms with Gasteiger partial charge in [0, 0.05) is 23.5 Å². The molecule has 1 saturated heterocycles. The number of aryl methyl sites for hydroxylation is 1. The molecule has 2 fully saturated rings. The Morgan fingerprint density at radius 2 is 2.19 bits per heavy atom. The molecule has 31 heavy (non-hydrogen) atoms. The van der Waals surface area contributed by atoms with Gasteiger partial charge in [-0.15, -0.1) is 0 Å². The average molecular weight is 422 g/mol. The van der Waals surface area contributed by atoms with Crippen molar-refractivity contribution in [1.82, 2.24) is 15.1 Å². The van der Waals surface area contributed by atoms with E-state index in [0.29, 0.717) is 18.9 Å². The van der Waals surface area contributed by atoms with E-state index in [9.17, 15) is 9.90 Å². The number of carboxylic acids is 1. The number of hydrogen-bond donors (Lipinski definition) is 2. The minimum absolute atomic E-state index is 0.0417. The molecule has 5 rings (SSSR count). The van der Waals surface area contributed by atoms with Crippen molar-refractivity contribution in [2.75, 3.05) is 13.7 Å². The lowest BCUT2D eigenvalue weighted by Gasteiger charge is -2.45. The van der Waals surface area contributed by atoms with Gasteiger partial charge in [0.25, 0.3) is 0 Å². The quantitative estimate of drug-likeness (QED) is 0.713. The van der Waals surface area contributed by atoms with Gasteiger partial charge >= 0.3 is 5.97 Å². The first-order chi connectivity index (χ1) is 15.0. The maximum absolute atomic E-state index is 12.7. The van der Waals surface area contributed by atoms with Gasteiger partial charge in [-0.2, -0.15) is 5.10 Å². The van der Waals surface area contributed by atoms with Crippen LogP contribution < -0.4 is 4.74 Å². The number of allylic oxidation sites excluding steroid dienone is 3. The van der Waals surface area contributed by atoms with Gasteiger partial charge in [0.05, 0.1) is 18.8 Å². The third-order valence-electron chi connectivity index (χ3n) is 7.49. The summed E-state index contributed by atoms with van der Waals surface area (Å²) >= 11 is 0. The molecule has 1 aromatic carbocycles. The molecule has 1 saturated carbocycles. The maximum Gasteiger partial charge on any atom is 0.315 e. The minimum atomic E-state index is -0.869. The molecule has 2 aliphatic carbocycles. The molecule has 0 amide bonds. The van der Waals surface area contributed by atoms with E-state index in [0.717, 1.165) is 53.6 Å². The van der Waals surface area contributed by atoms with Crippen LogP contribution in [0.3, 0.4) is 0 Å². The predicted octanol–water partition coefficient (Wildman–Crippen LogP) is 4.60. The number of ether oxygens (including phenoxy) is 1. The topological polar surface area (TPSA) is 78.5 Å². The number of nitrogens with one attached hydrogen (secondary N) is 1. The van der Waals surface area contributed by atoms with Crippen molar-refractivity contribution in [3.63, 3.8) is 0 Å². The van der Waals surface area contributed by atoms with Crippen LogP contribution in [0.5, 0.6) is 5.75 Å². The number of aliphatic carboxylic acids is 1. The average Bonchev–Trinajstić information content (AvgIpc) is 3.51. The van der Waals surface area contributed by atoms with Crippen LogP contribution in [0.25, 0.3) is 10.9 Å². The molecule has 2 heterocycles. The summed E-state index contributed by atoms with van der Waals surface area (Å²) in [5, 5.41) is 18.8. The van der Waals surface area contributed by atoms with E-state index in [1.54, 1.807) is 7.11 Å². The molecule has 3 aliphatic rings. The Bertz CT molecular complexity index is 1070.